The quantitative estimate of drug-likeness (QED) is 0.712. The Labute approximate surface area is 152 Å². The molecule has 2 aromatic heterocycles. The van der Waals surface area contributed by atoms with Crippen LogP contribution in [-0.4, -0.2) is 41.1 Å². The van der Waals surface area contributed by atoms with Gasteiger partial charge in [0.2, 0.25) is 0 Å². The number of rotatable bonds is 2. The van der Waals surface area contributed by atoms with Gasteiger partial charge in [0.25, 0.3) is 0 Å². The number of piperazine rings is 1. The standard InChI is InChI=1S/C20H20N6/c1-14-12-22-15(2)20(24-14)26-9-7-25(8-10-26)19-16(11-21)13-23-18-6-4-3-5-17(18)19/h3-6,12-13H,7-10H2,1-2H3. The number of fused-ring (bicyclic) bond motifs is 1. The number of anilines is 2. The number of nitriles is 1. The largest absolute Gasteiger partial charge is 0.366 e. The van der Waals surface area contributed by atoms with Crippen molar-refractivity contribution >= 4 is 22.4 Å². The van der Waals surface area contributed by atoms with Crippen LogP contribution in [-0.2, 0) is 0 Å². The van der Waals surface area contributed by atoms with Crippen LogP contribution in [0.1, 0.15) is 17.0 Å². The lowest BCUT2D eigenvalue weighted by atomic mass is 10.1. The first-order valence-electron chi connectivity index (χ1n) is 8.75. The van der Waals surface area contributed by atoms with Gasteiger partial charge in [0.15, 0.2) is 0 Å². The van der Waals surface area contributed by atoms with Crippen LogP contribution < -0.4 is 9.80 Å². The molecule has 1 aliphatic rings. The van der Waals surface area contributed by atoms with Crippen LogP contribution in [0.15, 0.2) is 36.7 Å². The van der Waals surface area contributed by atoms with Crippen LogP contribution >= 0.6 is 0 Å². The van der Waals surface area contributed by atoms with E-state index in [9.17, 15) is 5.26 Å². The molecule has 6 heteroatoms. The molecule has 4 rings (SSSR count). The van der Waals surface area contributed by atoms with E-state index in [1.807, 2.05) is 38.1 Å². The van der Waals surface area contributed by atoms with Gasteiger partial charge in [0, 0.05) is 44.0 Å². The normalized spacial score (nSPS) is 14.5. The molecule has 1 aromatic carbocycles. The predicted octanol–water partition coefficient (Wildman–Crippen LogP) is 2.84. The Morgan fingerprint density at radius 2 is 1.69 bits per heavy atom. The molecule has 0 N–H and O–H groups in total. The summed E-state index contributed by atoms with van der Waals surface area (Å²) in [7, 11) is 0. The van der Waals surface area contributed by atoms with Crippen molar-refractivity contribution in [3.8, 4) is 6.07 Å². The summed E-state index contributed by atoms with van der Waals surface area (Å²) in [6.45, 7) is 7.32. The van der Waals surface area contributed by atoms with E-state index in [0.29, 0.717) is 5.56 Å². The molecular weight excluding hydrogens is 324 g/mol. The first-order valence-corrected chi connectivity index (χ1v) is 8.75. The van der Waals surface area contributed by atoms with E-state index in [4.69, 9.17) is 0 Å². The number of aromatic nitrogens is 3. The molecule has 1 saturated heterocycles. The fourth-order valence-corrected chi connectivity index (χ4v) is 3.52. The highest BCUT2D eigenvalue weighted by Gasteiger charge is 2.23. The van der Waals surface area contributed by atoms with Gasteiger partial charge in [0.05, 0.1) is 28.2 Å². The van der Waals surface area contributed by atoms with Gasteiger partial charge in [-0.2, -0.15) is 5.26 Å². The number of hydrogen-bond acceptors (Lipinski definition) is 6. The van der Waals surface area contributed by atoms with Gasteiger partial charge < -0.3 is 9.80 Å². The number of nitrogens with zero attached hydrogens (tertiary/aromatic N) is 6. The lowest BCUT2D eigenvalue weighted by Gasteiger charge is -2.37. The van der Waals surface area contributed by atoms with E-state index in [1.54, 1.807) is 12.4 Å². The molecule has 1 fully saturated rings. The second-order valence-electron chi connectivity index (χ2n) is 6.54. The Balaban J connectivity index is 1.64. The molecule has 3 heterocycles. The molecule has 130 valence electrons. The third-order valence-corrected chi connectivity index (χ3v) is 4.81. The molecule has 1 aliphatic heterocycles. The van der Waals surface area contributed by atoms with E-state index >= 15 is 0 Å². The maximum Gasteiger partial charge on any atom is 0.150 e. The third kappa shape index (κ3) is 2.82. The molecule has 0 spiro atoms. The first kappa shape index (κ1) is 16.3. The molecule has 0 aliphatic carbocycles. The molecule has 0 atom stereocenters. The van der Waals surface area contributed by atoms with E-state index in [1.165, 1.54) is 0 Å². The summed E-state index contributed by atoms with van der Waals surface area (Å²) in [4.78, 5) is 18.1. The Morgan fingerprint density at radius 1 is 0.962 bits per heavy atom. The zero-order chi connectivity index (χ0) is 18.1. The van der Waals surface area contributed by atoms with Crippen molar-refractivity contribution in [1.29, 1.82) is 5.26 Å². The summed E-state index contributed by atoms with van der Waals surface area (Å²) >= 11 is 0. The van der Waals surface area contributed by atoms with Gasteiger partial charge in [-0.05, 0) is 19.9 Å². The lowest BCUT2D eigenvalue weighted by Crippen LogP contribution is -2.47. The third-order valence-electron chi connectivity index (χ3n) is 4.81. The Hall–Kier alpha value is -3.20. The van der Waals surface area contributed by atoms with Crippen LogP contribution in [0.4, 0.5) is 11.5 Å². The molecule has 0 radical (unpaired) electrons. The maximum atomic E-state index is 9.56. The highest BCUT2D eigenvalue weighted by molar-refractivity contribution is 5.94. The molecule has 6 nitrogen and oxygen atoms in total. The molecule has 0 bridgehead atoms. The fraction of sp³-hybridized carbons (Fsp3) is 0.300. The summed E-state index contributed by atoms with van der Waals surface area (Å²) in [5, 5.41) is 10.6. The molecule has 0 saturated carbocycles. The Bertz CT molecular complexity index is 999. The van der Waals surface area contributed by atoms with Crippen LogP contribution in [0.5, 0.6) is 0 Å². The number of pyridine rings is 1. The minimum Gasteiger partial charge on any atom is -0.366 e. The van der Waals surface area contributed by atoms with Crippen molar-refractivity contribution in [2.75, 3.05) is 36.0 Å². The van der Waals surface area contributed by atoms with E-state index in [-0.39, 0.29) is 0 Å². The van der Waals surface area contributed by atoms with Gasteiger partial charge >= 0.3 is 0 Å². The lowest BCUT2D eigenvalue weighted by molar-refractivity contribution is 0.644. The zero-order valence-corrected chi connectivity index (χ0v) is 15.0. The second kappa shape index (κ2) is 6.60. The molecule has 3 aromatic rings. The van der Waals surface area contributed by atoms with Crippen LogP contribution in [0, 0.1) is 25.2 Å². The van der Waals surface area contributed by atoms with Crippen LogP contribution in [0.2, 0.25) is 0 Å². The van der Waals surface area contributed by atoms with E-state index in [0.717, 1.165) is 60.0 Å². The van der Waals surface area contributed by atoms with Crippen LogP contribution in [0.25, 0.3) is 10.9 Å². The zero-order valence-electron chi connectivity index (χ0n) is 15.0. The van der Waals surface area contributed by atoms with Gasteiger partial charge in [-0.3, -0.25) is 9.97 Å². The monoisotopic (exact) mass is 344 g/mol. The highest BCUT2D eigenvalue weighted by Crippen LogP contribution is 2.30. The maximum absolute atomic E-state index is 9.56. The van der Waals surface area contributed by atoms with Crippen molar-refractivity contribution in [3.63, 3.8) is 0 Å². The van der Waals surface area contributed by atoms with Crippen molar-refractivity contribution in [2.45, 2.75) is 13.8 Å². The molecular formula is C20H20N6. The summed E-state index contributed by atoms with van der Waals surface area (Å²) in [5.41, 5.74) is 4.42. The first-order chi connectivity index (χ1) is 12.7. The highest BCUT2D eigenvalue weighted by atomic mass is 15.3. The Morgan fingerprint density at radius 3 is 2.46 bits per heavy atom. The van der Waals surface area contributed by atoms with Gasteiger partial charge in [-0.25, -0.2) is 4.98 Å². The molecule has 0 amide bonds. The average molecular weight is 344 g/mol. The number of para-hydroxylation sites is 1. The van der Waals surface area contributed by atoms with Gasteiger partial charge in [0.1, 0.15) is 11.9 Å². The number of hydrogen-bond donors (Lipinski definition) is 0. The average Bonchev–Trinajstić information content (AvgIpc) is 2.69. The van der Waals surface area contributed by atoms with Crippen molar-refractivity contribution in [2.24, 2.45) is 0 Å². The van der Waals surface area contributed by atoms with Crippen molar-refractivity contribution in [1.82, 2.24) is 15.0 Å². The van der Waals surface area contributed by atoms with Gasteiger partial charge in [-0.1, -0.05) is 18.2 Å². The second-order valence-corrected chi connectivity index (χ2v) is 6.54. The topological polar surface area (TPSA) is 68.9 Å². The van der Waals surface area contributed by atoms with Crippen molar-refractivity contribution < 1.29 is 0 Å². The summed E-state index contributed by atoms with van der Waals surface area (Å²) < 4.78 is 0. The van der Waals surface area contributed by atoms with E-state index in [2.05, 4.69) is 30.8 Å². The van der Waals surface area contributed by atoms with E-state index < -0.39 is 0 Å². The molecule has 26 heavy (non-hydrogen) atoms. The predicted molar refractivity (Wildman–Crippen MR) is 102 cm³/mol. The minimum absolute atomic E-state index is 0.628. The van der Waals surface area contributed by atoms with Crippen molar-refractivity contribution in [3.05, 3.63) is 53.6 Å². The smallest absolute Gasteiger partial charge is 0.150 e. The summed E-state index contributed by atoms with van der Waals surface area (Å²) in [6.07, 6.45) is 3.48. The summed E-state index contributed by atoms with van der Waals surface area (Å²) in [6, 6.07) is 10.3. The number of benzene rings is 1. The minimum atomic E-state index is 0.628. The van der Waals surface area contributed by atoms with Crippen LogP contribution in [0.3, 0.4) is 0 Å². The SMILES string of the molecule is Cc1cnc(C)c(N2CCN(c3c(C#N)cnc4ccccc34)CC2)n1. The molecule has 0 unspecified atom stereocenters. The number of aryl methyl sites for hydroxylation is 2. The van der Waals surface area contributed by atoms with Gasteiger partial charge in [-0.15, -0.1) is 0 Å². The Kier molecular flexibility index (Phi) is 4.13. The fourth-order valence-electron chi connectivity index (χ4n) is 3.52. The summed E-state index contributed by atoms with van der Waals surface area (Å²) in [5.74, 6) is 0.963.